The van der Waals surface area contributed by atoms with E-state index < -0.39 is 30.4 Å². The van der Waals surface area contributed by atoms with Crippen molar-refractivity contribution >= 4 is 35.1 Å². The fraction of sp³-hybridized carbons (Fsp3) is 0.400. The van der Waals surface area contributed by atoms with Gasteiger partial charge in [-0.2, -0.15) is 0 Å². The number of esters is 1. The smallest absolute Gasteiger partial charge is 0.338 e. The van der Waals surface area contributed by atoms with Gasteiger partial charge < -0.3 is 21.1 Å². The molecule has 1 aromatic rings. The van der Waals surface area contributed by atoms with E-state index in [0.29, 0.717) is 18.0 Å². The number of rotatable bonds is 4. The maximum absolute atomic E-state index is 12.2. The minimum atomic E-state index is -0.686. The Hall–Kier alpha value is -2.28. The van der Waals surface area contributed by atoms with Crippen LogP contribution in [0.2, 0.25) is 5.02 Å². The van der Waals surface area contributed by atoms with Crippen LogP contribution < -0.4 is 11.5 Å². The SMILES string of the molecule is NC(=O)[C@@H]1CCCCN1C(=O)COC(=O)c1ccc(Cl)c(N)c1. The zero-order valence-electron chi connectivity index (χ0n) is 12.5. The molecule has 0 radical (unpaired) electrons. The molecule has 1 heterocycles. The van der Waals surface area contributed by atoms with E-state index in [-0.39, 0.29) is 11.3 Å². The fourth-order valence-electron chi connectivity index (χ4n) is 2.49. The summed E-state index contributed by atoms with van der Waals surface area (Å²) < 4.78 is 4.99. The van der Waals surface area contributed by atoms with Gasteiger partial charge in [0.25, 0.3) is 5.91 Å². The van der Waals surface area contributed by atoms with Crippen LogP contribution in [-0.2, 0) is 14.3 Å². The van der Waals surface area contributed by atoms with Gasteiger partial charge in [-0.3, -0.25) is 9.59 Å². The molecule has 1 aliphatic heterocycles. The van der Waals surface area contributed by atoms with Crippen LogP contribution in [0.1, 0.15) is 29.6 Å². The molecule has 1 atom stereocenters. The summed E-state index contributed by atoms with van der Waals surface area (Å²) in [4.78, 5) is 36.9. The van der Waals surface area contributed by atoms with Gasteiger partial charge in [-0.15, -0.1) is 0 Å². The van der Waals surface area contributed by atoms with Crippen molar-refractivity contribution in [2.24, 2.45) is 5.73 Å². The third-order valence-corrected chi connectivity index (χ3v) is 4.05. The number of nitrogen functional groups attached to an aromatic ring is 1. The summed E-state index contributed by atoms with van der Waals surface area (Å²) in [5, 5.41) is 0.329. The zero-order valence-corrected chi connectivity index (χ0v) is 13.2. The number of hydrogen-bond acceptors (Lipinski definition) is 5. The van der Waals surface area contributed by atoms with Crippen molar-refractivity contribution in [3.05, 3.63) is 28.8 Å². The highest BCUT2D eigenvalue weighted by Crippen LogP contribution is 2.20. The molecule has 1 fully saturated rings. The lowest BCUT2D eigenvalue weighted by molar-refractivity contribution is -0.143. The summed E-state index contributed by atoms with van der Waals surface area (Å²) in [7, 11) is 0. The molecule has 0 bridgehead atoms. The van der Waals surface area contributed by atoms with Crippen molar-refractivity contribution in [3.63, 3.8) is 0 Å². The number of hydrogen-bond donors (Lipinski definition) is 2. The number of carbonyl (C=O) groups is 3. The van der Waals surface area contributed by atoms with E-state index in [1.165, 1.54) is 23.1 Å². The van der Waals surface area contributed by atoms with Gasteiger partial charge in [-0.1, -0.05) is 11.6 Å². The number of benzene rings is 1. The molecule has 1 aromatic carbocycles. The first-order valence-electron chi connectivity index (χ1n) is 7.21. The summed E-state index contributed by atoms with van der Waals surface area (Å²) in [6, 6.07) is 3.67. The first kappa shape index (κ1) is 17.1. The van der Waals surface area contributed by atoms with Gasteiger partial charge in [0.2, 0.25) is 5.91 Å². The Morgan fingerprint density at radius 2 is 2.04 bits per heavy atom. The molecule has 2 amide bonds. The molecular formula is C15H18ClN3O4. The van der Waals surface area contributed by atoms with Gasteiger partial charge in [-0.05, 0) is 37.5 Å². The highest BCUT2D eigenvalue weighted by molar-refractivity contribution is 6.33. The zero-order chi connectivity index (χ0) is 17.0. The maximum Gasteiger partial charge on any atom is 0.338 e. The Morgan fingerprint density at radius 1 is 1.30 bits per heavy atom. The fourth-order valence-corrected chi connectivity index (χ4v) is 2.61. The van der Waals surface area contributed by atoms with Gasteiger partial charge >= 0.3 is 5.97 Å². The third-order valence-electron chi connectivity index (χ3n) is 3.71. The number of nitrogens with two attached hydrogens (primary N) is 2. The van der Waals surface area contributed by atoms with Crippen molar-refractivity contribution in [3.8, 4) is 0 Å². The number of piperidine rings is 1. The van der Waals surface area contributed by atoms with Crippen LogP contribution in [0.5, 0.6) is 0 Å². The number of nitrogens with zero attached hydrogens (tertiary/aromatic N) is 1. The minimum absolute atomic E-state index is 0.199. The molecule has 0 unspecified atom stereocenters. The molecule has 0 aliphatic carbocycles. The van der Waals surface area contributed by atoms with Crippen LogP contribution in [0, 0.1) is 0 Å². The van der Waals surface area contributed by atoms with Gasteiger partial charge in [0.1, 0.15) is 6.04 Å². The average molecular weight is 340 g/mol. The Morgan fingerprint density at radius 3 is 2.70 bits per heavy atom. The van der Waals surface area contributed by atoms with Crippen molar-refractivity contribution in [2.45, 2.75) is 25.3 Å². The number of amides is 2. The molecule has 1 aliphatic rings. The topological polar surface area (TPSA) is 116 Å². The van der Waals surface area contributed by atoms with Crippen LogP contribution in [-0.4, -0.2) is 41.9 Å². The highest BCUT2D eigenvalue weighted by atomic mass is 35.5. The molecule has 124 valence electrons. The number of anilines is 1. The molecular weight excluding hydrogens is 322 g/mol. The second-order valence-electron chi connectivity index (χ2n) is 5.31. The molecule has 1 saturated heterocycles. The molecule has 4 N–H and O–H groups in total. The van der Waals surface area contributed by atoms with Crippen LogP contribution in [0.4, 0.5) is 5.69 Å². The number of primary amides is 1. The highest BCUT2D eigenvalue weighted by Gasteiger charge is 2.31. The predicted molar refractivity (Wildman–Crippen MR) is 84.7 cm³/mol. The summed E-state index contributed by atoms with van der Waals surface area (Å²) in [6.07, 6.45) is 2.15. The number of likely N-dealkylation sites (tertiary alicyclic amines) is 1. The summed E-state index contributed by atoms with van der Waals surface area (Å²) in [6.45, 7) is -0.0248. The van der Waals surface area contributed by atoms with Gasteiger partial charge in [-0.25, -0.2) is 4.79 Å². The Balaban J connectivity index is 1.96. The van der Waals surface area contributed by atoms with Crippen molar-refractivity contribution < 1.29 is 19.1 Å². The van der Waals surface area contributed by atoms with Crippen molar-refractivity contribution in [1.82, 2.24) is 4.90 Å². The van der Waals surface area contributed by atoms with Gasteiger partial charge in [0.15, 0.2) is 6.61 Å². The van der Waals surface area contributed by atoms with E-state index in [1.807, 2.05) is 0 Å². The van der Waals surface area contributed by atoms with Crippen molar-refractivity contribution in [2.75, 3.05) is 18.9 Å². The number of halogens is 1. The van der Waals surface area contributed by atoms with Crippen LogP contribution in [0.25, 0.3) is 0 Å². The van der Waals surface area contributed by atoms with E-state index in [0.717, 1.165) is 12.8 Å². The van der Waals surface area contributed by atoms with E-state index >= 15 is 0 Å². The van der Waals surface area contributed by atoms with E-state index in [9.17, 15) is 14.4 Å². The lowest BCUT2D eigenvalue weighted by Crippen LogP contribution is -2.51. The third kappa shape index (κ3) is 4.13. The van der Waals surface area contributed by atoms with Gasteiger partial charge in [0.05, 0.1) is 16.3 Å². The maximum atomic E-state index is 12.2. The molecule has 0 aromatic heterocycles. The van der Waals surface area contributed by atoms with E-state index in [1.54, 1.807) is 0 Å². The minimum Gasteiger partial charge on any atom is -0.452 e. The standard InChI is InChI=1S/C15H18ClN3O4/c16-10-5-4-9(7-11(10)17)15(22)23-8-13(20)19-6-2-1-3-12(19)14(18)21/h4-5,7,12H,1-3,6,8,17H2,(H2,18,21)/t12-/m0/s1. The second kappa shape index (κ2) is 7.32. The largest absolute Gasteiger partial charge is 0.452 e. The Kier molecular flexibility index (Phi) is 5.44. The lowest BCUT2D eigenvalue weighted by Gasteiger charge is -2.33. The molecule has 0 saturated carbocycles. The Labute approximate surface area is 138 Å². The van der Waals surface area contributed by atoms with Gasteiger partial charge in [0, 0.05) is 6.54 Å². The predicted octanol–water partition coefficient (Wildman–Crippen LogP) is 0.945. The first-order valence-corrected chi connectivity index (χ1v) is 7.59. The molecule has 0 spiro atoms. The summed E-state index contributed by atoms with van der Waals surface area (Å²) in [5.74, 6) is -1.67. The lowest BCUT2D eigenvalue weighted by atomic mass is 10.0. The van der Waals surface area contributed by atoms with Crippen LogP contribution in [0.15, 0.2) is 18.2 Å². The normalized spacial score (nSPS) is 17.6. The van der Waals surface area contributed by atoms with E-state index in [4.69, 9.17) is 27.8 Å². The number of ether oxygens (including phenoxy) is 1. The monoisotopic (exact) mass is 339 g/mol. The quantitative estimate of drug-likeness (QED) is 0.625. The summed E-state index contributed by atoms with van der Waals surface area (Å²) in [5.41, 5.74) is 11.4. The van der Waals surface area contributed by atoms with Crippen LogP contribution in [0.3, 0.4) is 0 Å². The van der Waals surface area contributed by atoms with Crippen molar-refractivity contribution in [1.29, 1.82) is 0 Å². The number of carbonyl (C=O) groups excluding carboxylic acids is 3. The van der Waals surface area contributed by atoms with Crippen LogP contribution >= 0.6 is 11.6 Å². The Bertz CT molecular complexity index is 635. The van der Waals surface area contributed by atoms with E-state index in [2.05, 4.69) is 0 Å². The molecule has 2 rings (SSSR count). The average Bonchev–Trinajstić information content (AvgIpc) is 2.54. The second-order valence-corrected chi connectivity index (χ2v) is 5.72. The molecule has 23 heavy (non-hydrogen) atoms. The molecule has 7 nitrogen and oxygen atoms in total. The summed E-state index contributed by atoms with van der Waals surface area (Å²) >= 11 is 5.78. The molecule has 8 heteroatoms. The first-order chi connectivity index (χ1) is 10.9.